The molecule has 4 rings (SSSR count). The highest BCUT2D eigenvalue weighted by atomic mass is 32.2. The fourth-order valence-electron chi connectivity index (χ4n) is 3.19. The van der Waals surface area contributed by atoms with E-state index in [0.29, 0.717) is 28.9 Å². The first kappa shape index (κ1) is 23.1. The van der Waals surface area contributed by atoms with Crippen molar-refractivity contribution in [3.63, 3.8) is 0 Å². The van der Waals surface area contributed by atoms with Crippen LogP contribution in [0.5, 0.6) is 0 Å². The average molecular weight is 477 g/mol. The highest BCUT2D eigenvalue weighted by Crippen LogP contribution is 2.23. The molecule has 2 aromatic heterocycles. The Hall–Kier alpha value is -4.05. The molecule has 2 aromatic carbocycles. The number of halogens is 1. The third-order valence-corrected chi connectivity index (χ3v) is 5.77. The van der Waals surface area contributed by atoms with Crippen molar-refractivity contribution < 1.29 is 14.0 Å². The zero-order chi connectivity index (χ0) is 23.9. The highest BCUT2D eigenvalue weighted by Gasteiger charge is 2.15. The van der Waals surface area contributed by atoms with Gasteiger partial charge in [-0.15, -0.1) is 10.2 Å². The van der Waals surface area contributed by atoms with Gasteiger partial charge in [-0.2, -0.15) is 0 Å². The minimum absolute atomic E-state index is 0.156. The Labute approximate surface area is 199 Å². The smallest absolute Gasteiger partial charge is 0.255 e. The molecule has 2 amide bonds. The first-order valence-electron chi connectivity index (χ1n) is 10.5. The second-order valence-electron chi connectivity index (χ2n) is 7.17. The van der Waals surface area contributed by atoms with Gasteiger partial charge in [0.25, 0.3) is 5.91 Å². The number of nitrogens with zero attached hydrogens (tertiary/aromatic N) is 4. The van der Waals surface area contributed by atoms with E-state index in [1.165, 1.54) is 36.0 Å². The first-order valence-corrected chi connectivity index (χ1v) is 11.5. The van der Waals surface area contributed by atoms with Crippen molar-refractivity contribution >= 4 is 35.0 Å². The SMILES string of the molecule is CCn1c(SCC(=O)Nc2ccc(NC(=O)c3cccc(F)c3)cc2)nnc1-c1cccnc1. The van der Waals surface area contributed by atoms with Gasteiger partial charge in [0, 0.05) is 41.4 Å². The lowest BCUT2D eigenvalue weighted by Gasteiger charge is -2.09. The molecule has 0 aliphatic carbocycles. The van der Waals surface area contributed by atoms with E-state index < -0.39 is 11.7 Å². The van der Waals surface area contributed by atoms with E-state index in [2.05, 4.69) is 25.8 Å². The molecule has 2 N–H and O–H groups in total. The molecule has 0 unspecified atom stereocenters. The Morgan fingerprint density at radius 2 is 1.76 bits per heavy atom. The Balaban J connectivity index is 1.32. The number of nitrogens with one attached hydrogen (secondary N) is 2. The maximum Gasteiger partial charge on any atom is 0.255 e. The van der Waals surface area contributed by atoms with Gasteiger partial charge in [-0.05, 0) is 61.5 Å². The van der Waals surface area contributed by atoms with E-state index in [4.69, 9.17) is 0 Å². The minimum atomic E-state index is -0.478. The van der Waals surface area contributed by atoms with Crippen LogP contribution in [0.1, 0.15) is 17.3 Å². The maximum absolute atomic E-state index is 13.3. The molecule has 0 aliphatic rings. The van der Waals surface area contributed by atoms with E-state index >= 15 is 0 Å². The molecule has 0 aliphatic heterocycles. The number of hydrogen-bond donors (Lipinski definition) is 2. The molecule has 0 radical (unpaired) electrons. The monoisotopic (exact) mass is 476 g/mol. The van der Waals surface area contributed by atoms with Crippen LogP contribution in [-0.2, 0) is 11.3 Å². The number of carbonyl (C=O) groups excluding carboxylic acids is 2. The van der Waals surface area contributed by atoms with Gasteiger partial charge in [0.15, 0.2) is 11.0 Å². The van der Waals surface area contributed by atoms with Gasteiger partial charge in [0.1, 0.15) is 5.82 Å². The molecule has 8 nitrogen and oxygen atoms in total. The molecule has 2 heterocycles. The fourth-order valence-corrected chi connectivity index (χ4v) is 3.99. The van der Waals surface area contributed by atoms with Crippen LogP contribution in [0.3, 0.4) is 0 Å². The zero-order valence-electron chi connectivity index (χ0n) is 18.2. The summed E-state index contributed by atoms with van der Waals surface area (Å²) in [4.78, 5) is 28.8. The summed E-state index contributed by atoms with van der Waals surface area (Å²) in [5.74, 6) is -0.236. The molecule has 0 saturated carbocycles. The van der Waals surface area contributed by atoms with E-state index in [0.717, 1.165) is 5.56 Å². The second kappa shape index (κ2) is 10.7. The van der Waals surface area contributed by atoms with E-state index in [1.807, 2.05) is 23.6 Å². The van der Waals surface area contributed by atoms with Crippen molar-refractivity contribution in [1.29, 1.82) is 0 Å². The van der Waals surface area contributed by atoms with Gasteiger partial charge >= 0.3 is 0 Å². The lowest BCUT2D eigenvalue weighted by atomic mass is 10.2. The van der Waals surface area contributed by atoms with Crippen molar-refractivity contribution in [3.8, 4) is 11.4 Å². The van der Waals surface area contributed by atoms with E-state index in [1.54, 1.807) is 36.7 Å². The summed E-state index contributed by atoms with van der Waals surface area (Å²) in [6.07, 6.45) is 3.42. The van der Waals surface area contributed by atoms with Crippen LogP contribution in [-0.4, -0.2) is 37.3 Å². The Morgan fingerprint density at radius 3 is 2.44 bits per heavy atom. The molecule has 4 aromatic rings. The van der Waals surface area contributed by atoms with Crippen LogP contribution in [0.15, 0.2) is 78.2 Å². The number of benzene rings is 2. The zero-order valence-corrected chi connectivity index (χ0v) is 19.1. The van der Waals surface area contributed by atoms with Gasteiger partial charge in [0.2, 0.25) is 5.91 Å². The summed E-state index contributed by atoms with van der Waals surface area (Å²) < 4.78 is 15.2. The van der Waals surface area contributed by atoms with Crippen LogP contribution < -0.4 is 10.6 Å². The number of anilines is 2. The predicted octanol–water partition coefficient (Wildman–Crippen LogP) is 4.48. The molecular weight excluding hydrogens is 455 g/mol. The van der Waals surface area contributed by atoms with Crippen molar-refractivity contribution in [2.45, 2.75) is 18.6 Å². The summed E-state index contributed by atoms with van der Waals surface area (Å²) in [5, 5.41) is 14.6. The van der Waals surface area contributed by atoms with Gasteiger partial charge in [0.05, 0.1) is 5.75 Å². The van der Waals surface area contributed by atoms with Crippen molar-refractivity contribution in [2.75, 3.05) is 16.4 Å². The molecule has 0 fully saturated rings. The van der Waals surface area contributed by atoms with Crippen LogP contribution in [0.4, 0.5) is 15.8 Å². The van der Waals surface area contributed by atoms with Crippen LogP contribution in [0.2, 0.25) is 0 Å². The lowest BCUT2D eigenvalue weighted by molar-refractivity contribution is -0.113. The molecule has 10 heteroatoms. The molecule has 34 heavy (non-hydrogen) atoms. The van der Waals surface area contributed by atoms with Crippen LogP contribution >= 0.6 is 11.8 Å². The maximum atomic E-state index is 13.3. The van der Waals surface area contributed by atoms with Gasteiger partial charge in [-0.3, -0.25) is 14.6 Å². The normalized spacial score (nSPS) is 10.6. The Kier molecular flexibility index (Phi) is 7.28. The number of rotatable bonds is 8. The molecule has 0 spiro atoms. The third kappa shape index (κ3) is 5.65. The summed E-state index contributed by atoms with van der Waals surface area (Å²) in [5.41, 5.74) is 2.20. The molecule has 172 valence electrons. The van der Waals surface area contributed by atoms with Crippen molar-refractivity contribution in [3.05, 3.63) is 84.4 Å². The van der Waals surface area contributed by atoms with Crippen molar-refractivity contribution in [2.24, 2.45) is 0 Å². The fraction of sp³-hybridized carbons (Fsp3) is 0.125. The topological polar surface area (TPSA) is 102 Å². The Morgan fingerprint density at radius 1 is 1.00 bits per heavy atom. The third-order valence-electron chi connectivity index (χ3n) is 4.80. The first-order chi connectivity index (χ1) is 16.5. The number of thioether (sulfide) groups is 1. The van der Waals surface area contributed by atoms with Gasteiger partial charge in [-0.25, -0.2) is 4.39 Å². The number of hydrogen-bond acceptors (Lipinski definition) is 6. The van der Waals surface area contributed by atoms with Gasteiger partial charge in [-0.1, -0.05) is 17.8 Å². The second-order valence-corrected chi connectivity index (χ2v) is 8.11. The number of amides is 2. The van der Waals surface area contributed by atoms with E-state index in [-0.39, 0.29) is 17.2 Å². The molecule has 0 saturated heterocycles. The summed E-state index contributed by atoms with van der Waals surface area (Å²) in [6, 6.07) is 15.9. The van der Waals surface area contributed by atoms with Crippen LogP contribution in [0, 0.1) is 5.82 Å². The summed E-state index contributed by atoms with van der Waals surface area (Å²) in [6.45, 7) is 2.64. The number of aromatic nitrogens is 4. The van der Waals surface area contributed by atoms with Gasteiger partial charge < -0.3 is 15.2 Å². The molecule has 0 atom stereocenters. The quantitative estimate of drug-likeness (QED) is 0.364. The van der Waals surface area contributed by atoms with Crippen LogP contribution in [0.25, 0.3) is 11.4 Å². The average Bonchev–Trinajstić information content (AvgIpc) is 3.27. The minimum Gasteiger partial charge on any atom is -0.325 e. The summed E-state index contributed by atoms with van der Waals surface area (Å²) >= 11 is 1.29. The number of pyridine rings is 1. The standard InChI is InChI=1S/C24H21FN6O2S/c1-2-31-22(17-6-4-12-26-14-17)29-30-24(31)34-15-21(32)27-19-8-10-20(11-9-19)28-23(33)16-5-3-7-18(25)13-16/h3-14H,2,15H2,1H3,(H,27,32)(H,28,33). The lowest BCUT2D eigenvalue weighted by Crippen LogP contribution is -2.15. The largest absolute Gasteiger partial charge is 0.325 e. The highest BCUT2D eigenvalue weighted by molar-refractivity contribution is 7.99. The predicted molar refractivity (Wildman–Crippen MR) is 129 cm³/mol. The number of carbonyl (C=O) groups is 2. The molecular formula is C24H21FN6O2S. The molecule has 0 bridgehead atoms. The summed E-state index contributed by atoms with van der Waals surface area (Å²) in [7, 11) is 0. The Bertz CT molecular complexity index is 1290. The van der Waals surface area contributed by atoms with E-state index in [9.17, 15) is 14.0 Å². The van der Waals surface area contributed by atoms with Crippen molar-refractivity contribution in [1.82, 2.24) is 19.7 Å².